The smallest absolute Gasteiger partial charge is 0.306 e. The second-order valence-electron chi connectivity index (χ2n) is 7.95. The van der Waals surface area contributed by atoms with Crippen LogP contribution >= 0.6 is 0 Å². The fourth-order valence-electron chi connectivity index (χ4n) is 4.28. The lowest BCUT2D eigenvalue weighted by Gasteiger charge is -2.37. The van der Waals surface area contributed by atoms with Crippen LogP contribution in [0.15, 0.2) is 91.0 Å². The fraction of sp³-hybridized carbons (Fsp3) is 0.214. The molecule has 1 heterocycles. The Labute approximate surface area is 194 Å². The summed E-state index contributed by atoms with van der Waals surface area (Å²) in [6.45, 7) is 4.18. The third-order valence-corrected chi connectivity index (χ3v) is 5.88. The average Bonchev–Trinajstić information content (AvgIpc) is 3.21. The van der Waals surface area contributed by atoms with E-state index in [0.29, 0.717) is 19.4 Å². The SMILES string of the molecule is CCOC(=O)CCc1c(NC(c2ccccc2)(c2ccccc2)c2ccccc2)n[nH]c1C. The van der Waals surface area contributed by atoms with Gasteiger partial charge in [-0.1, -0.05) is 91.0 Å². The summed E-state index contributed by atoms with van der Waals surface area (Å²) in [5, 5.41) is 11.5. The third kappa shape index (κ3) is 4.67. The molecule has 0 unspecified atom stereocenters. The monoisotopic (exact) mass is 439 g/mol. The van der Waals surface area contributed by atoms with E-state index in [9.17, 15) is 4.79 Å². The number of nitrogens with one attached hydrogen (secondary N) is 2. The van der Waals surface area contributed by atoms with Gasteiger partial charge >= 0.3 is 5.97 Å². The Morgan fingerprint density at radius 1 is 0.879 bits per heavy atom. The molecule has 1 aromatic heterocycles. The molecule has 0 spiro atoms. The van der Waals surface area contributed by atoms with Crippen LogP contribution in [0.4, 0.5) is 5.82 Å². The van der Waals surface area contributed by atoms with Crippen molar-refractivity contribution < 1.29 is 9.53 Å². The van der Waals surface area contributed by atoms with Gasteiger partial charge in [-0.3, -0.25) is 9.89 Å². The molecule has 0 aliphatic heterocycles. The highest BCUT2D eigenvalue weighted by Crippen LogP contribution is 2.40. The van der Waals surface area contributed by atoms with Crippen LogP contribution in [0.2, 0.25) is 0 Å². The molecule has 0 saturated heterocycles. The minimum Gasteiger partial charge on any atom is -0.466 e. The zero-order valence-corrected chi connectivity index (χ0v) is 19.0. The molecule has 5 nitrogen and oxygen atoms in total. The summed E-state index contributed by atoms with van der Waals surface area (Å²) in [5.74, 6) is 0.526. The van der Waals surface area contributed by atoms with Crippen LogP contribution < -0.4 is 5.32 Å². The number of aromatic amines is 1. The number of aromatic nitrogens is 2. The Kier molecular flexibility index (Phi) is 6.89. The van der Waals surface area contributed by atoms with Crippen molar-refractivity contribution in [2.24, 2.45) is 0 Å². The first kappa shape index (κ1) is 22.3. The Hall–Kier alpha value is -3.86. The van der Waals surface area contributed by atoms with Crippen molar-refractivity contribution in [2.45, 2.75) is 32.2 Å². The predicted octanol–water partition coefficient (Wildman–Crippen LogP) is 5.62. The number of rotatable bonds is 9. The zero-order valence-electron chi connectivity index (χ0n) is 19.0. The number of benzene rings is 3. The van der Waals surface area contributed by atoms with Crippen LogP contribution in [0.5, 0.6) is 0 Å². The van der Waals surface area contributed by atoms with Crippen molar-refractivity contribution in [1.29, 1.82) is 0 Å². The maximum atomic E-state index is 12.0. The van der Waals surface area contributed by atoms with Crippen LogP contribution in [-0.4, -0.2) is 22.8 Å². The standard InChI is InChI=1S/C28H29N3O2/c1-3-33-26(32)20-19-25-21(2)30-31-27(25)29-28(22-13-7-4-8-14-22,23-15-9-5-10-16-23)24-17-11-6-12-18-24/h4-18H,3,19-20H2,1-2H3,(H2,29,30,31). The predicted molar refractivity (Wildman–Crippen MR) is 131 cm³/mol. The summed E-state index contributed by atoms with van der Waals surface area (Å²) in [6.07, 6.45) is 0.843. The van der Waals surface area contributed by atoms with E-state index in [-0.39, 0.29) is 5.97 Å². The van der Waals surface area contributed by atoms with Gasteiger partial charge in [0.25, 0.3) is 0 Å². The number of ether oxygens (including phenoxy) is 1. The van der Waals surface area contributed by atoms with Gasteiger partial charge in [0.1, 0.15) is 5.54 Å². The van der Waals surface area contributed by atoms with E-state index in [4.69, 9.17) is 4.74 Å². The van der Waals surface area contributed by atoms with Crippen LogP contribution in [-0.2, 0) is 21.5 Å². The van der Waals surface area contributed by atoms with Gasteiger partial charge in [0, 0.05) is 17.7 Å². The molecule has 0 atom stereocenters. The van der Waals surface area contributed by atoms with Crippen molar-refractivity contribution in [3.8, 4) is 0 Å². The summed E-state index contributed by atoms with van der Waals surface area (Å²) in [4.78, 5) is 12.0. The lowest BCUT2D eigenvalue weighted by atomic mass is 9.77. The van der Waals surface area contributed by atoms with E-state index in [1.165, 1.54) is 0 Å². The Morgan fingerprint density at radius 3 is 1.82 bits per heavy atom. The van der Waals surface area contributed by atoms with Gasteiger partial charge in [-0.15, -0.1) is 0 Å². The maximum absolute atomic E-state index is 12.0. The number of hydrogen-bond donors (Lipinski definition) is 2. The largest absolute Gasteiger partial charge is 0.466 e. The highest BCUT2D eigenvalue weighted by Gasteiger charge is 2.37. The number of carbonyl (C=O) groups excluding carboxylic acids is 1. The van der Waals surface area contributed by atoms with Gasteiger partial charge in [0.05, 0.1) is 6.61 Å². The number of H-pyrrole nitrogens is 1. The molecule has 3 aromatic carbocycles. The van der Waals surface area contributed by atoms with E-state index in [0.717, 1.165) is 33.8 Å². The molecule has 0 radical (unpaired) electrons. The maximum Gasteiger partial charge on any atom is 0.306 e. The highest BCUT2D eigenvalue weighted by molar-refractivity contribution is 5.70. The lowest BCUT2D eigenvalue weighted by Crippen LogP contribution is -2.38. The zero-order chi connectivity index (χ0) is 23.1. The molecule has 0 fully saturated rings. The number of hydrogen-bond acceptors (Lipinski definition) is 4. The first-order valence-corrected chi connectivity index (χ1v) is 11.3. The van der Waals surface area contributed by atoms with Crippen molar-refractivity contribution in [3.05, 3.63) is 119 Å². The normalized spacial score (nSPS) is 11.2. The van der Waals surface area contributed by atoms with E-state index >= 15 is 0 Å². The second-order valence-corrected chi connectivity index (χ2v) is 7.95. The Morgan fingerprint density at radius 2 is 1.36 bits per heavy atom. The highest BCUT2D eigenvalue weighted by atomic mass is 16.5. The van der Waals surface area contributed by atoms with Crippen LogP contribution in [0.25, 0.3) is 0 Å². The van der Waals surface area contributed by atoms with Crippen LogP contribution in [0, 0.1) is 6.92 Å². The summed E-state index contributed by atoms with van der Waals surface area (Å²) in [7, 11) is 0. The van der Waals surface area contributed by atoms with Crippen molar-refractivity contribution in [3.63, 3.8) is 0 Å². The van der Waals surface area contributed by atoms with Gasteiger partial charge in [0.15, 0.2) is 5.82 Å². The van der Waals surface area contributed by atoms with Crippen molar-refractivity contribution >= 4 is 11.8 Å². The van der Waals surface area contributed by atoms with Crippen molar-refractivity contribution in [2.75, 3.05) is 11.9 Å². The van der Waals surface area contributed by atoms with Crippen LogP contribution in [0.1, 0.15) is 41.3 Å². The molecule has 0 aliphatic rings. The topological polar surface area (TPSA) is 67.0 Å². The summed E-state index contributed by atoms with van der Waals surface area (Å²) in [6, 6.07) is 31.1. The molecule has 0 saturated carbocycles. The van der Waals surface area contributed by atoms with Gasteiger partial charge in [-0.2, -0.15) is 5.10 Å². The minimum atomic E-state index is -0.676. The minimum absolute atomic E-state index is 0.204. The Balaban J connectivity index is 1.85. The molecule has 168 valence electrons. The molecule has 33 heavy (non-hydrogen) atoms. The summed E-state index contributed by atoms with van der Waals surface area (Å²) >= 11 is 0. The average molecular weight is 440 g/mol. The Bertz CT molecular complexity index is 1080. The molecule has 4 rings (SSSR count). The molecule has 0 bridgehead atoms. The van der Waals surface area contributed by atoms with E-state index in [1.54, 1.807) is 0 Å². The van der Waals surface area contributed by atoms with E-state index < -0.39 is 5.54 Å². The van der Waals surface area contributed by atoms with Gasteiger partial charge in [0.2, 0.25) is 0 Å². The van der Waals surface area contributed by atoms with Gasteiger partial charge in [-0.05, 0) is 37.0 Å². The number of anilines is 1. The third-order valence-electron chi connectivity index (χ3n) is 5.88. The van der Waals surface area contributed by atoms with E-state index in [2.05, 4.69) is 88.3 Å². The molecular weight excluding hydrogens is 410 g/mol. The first-order valence-electron chi connectivity index (χ1n) is 11.3. The molecular formula is C28H29N3O2. The number of nitrogens with zero attached hydrogens (tertiary/aromatic N) is 1. The summed E-state index contributed by atoms with van der Waals surface area (Å²) in [5.41, 5.74) is 4.53. The first-order chi connectivity index (χ1) is 16.1. The number of aryl methyl sites for hydroxylation is 1. The second kappa shape index (κ2) is 10.2. The molecule has 0 aliphatic carbocycles. The van der Waals surface area contributed by atoms with Gasteiger partial charge in [-0.25, -0.2) is 0 Å². The quantitative estimate of drug-likeness (QED) is 0.262. The fourth-order valence-corrected chi connectivity index (χ4v) is 4.28. The number of carbonyl (C=O) groups is 1. The summed E-state index contributed by atoms with van der Waals surface area (Å²) < 4.78 is 5.14. The molecule has 0 amide bonds. The van der Waals surface area contributed by atoms with Crippen LogP contribution in [0.3, 0.4) is 0 Å². The molecule has 4 aromatic rings. The molecule has 5 heteroatoms. The lowest BCUT2D eigenvalue weighted by molar-refractivity contribution is -0.143. The van der Waals surface area contributed by atoms with E-state index in [1.807, 2.05) is 32.0 Å². The van der Waals surface area contributed by atoms with Crippen molar-refractivity contribution in [1.82, 2.24) is 10.2 Å². The van der Waals surface area contributed by atoms with Gasteiger partial charge < -0.3 is 10.1 Å². The molecule has 2 N–H and O–H groups in total. The number of esters is 1.